The van der Waals surface area contributed by atoms with Crippen molar-refractivity contribution in [1.82, 2.24) is 0 Å². The van der Waals surface area contributed by atoms with Crippen molar-refractivity contribution in [2.75, 3.05) is 13.0 Å². The summed E-state index contributed by atoms with van der Waals surface area (Å²) in [6, 6.07) is 7.07. The smallest absolute Gasteiger partial charge is 0.169 e. The van der Waals surface area contributed by atoms with Gasteiger partial charge in [-0.05, 0) is 24.3 Å². The first-order chi connectivity index (χ1) is 7.01. The highest BCUT2D eigenvalue weighted by molar-refractivity contribution is 6.20. The molecule has 1 rings (SSSR count). The first-order valence-corrected chi connectivity index (χ1v) is 5.29. The monoisotopic (exact) mass is 226 g/mol. The minimum absolute atomic E-state index is 0.0557. The third-order valence-electron chi connectivity index (χ3n) is 2.30. The van der Waals surface area contributed by atoms with Crippen LogP contribution in [0.25, 0.3) is 0 Å². The zero-order chi connectivity index (χ0) is 11.5. The molecule has 0 aliphatic carbocycles. The van der Waals surface area contributed by atoms with Gasteiger partial charge in [-0.1, -0.05) is 13.8 Å². The molecule has 0 radical (unpaired) electrons. The second-order valence-corrected chi connectivity index (χ2v) is 4.34. The van der Waals surface area contributed by atoms with E-state index in [0.29, 0.717) is 11.4 Å². The SMILES string of the molecule is COc1ccc(C(=O)C(C)(C)CCl)cc1. The zero-order valence-corrected chi connectivity index (χ0v) is 9.97. The van der Waals surface area contributed by atoms with Gasteiger partial charge in [0.25, 0.3) is 0 Å². The zero-order valence-electron chi connectivity index (χ0n) is 9.21. The van der Waals surface area contributed by atoms with Crippen LogP contribution in [0.1, 0.15) is 24.2 Å². The van der Waals surface area contributed by atoms with E-state index in [9.17, 15) is 4.79 Å². The Morgan fingerprint density at radius 2 is 1.87 bits per heavy atom. The number of methoxy groups -OCH3 is 1. The predicted octanol–water partition coefficient (Wildman–Crippen LogP) is 3.14. The summed E-state index contributed by atoms with van der Waals surface area (Å²) < 4.78 is 5.02. The number of hydrogen-bond acceptors (Lipinski definition) is 2. The van der Waals surface area contributed by atoms with Crippen LogP contribution < -0.4 is 4.74 Å². The van der Waals surface area contributed by atoms with Crippen molar-refractivity contribution >= 4 is 17.4 Å². The molecule has 0 fully saturated rings. The van der Waals surface area contributed by atoms with Gasteiger partial charge in [-0.15, -0.1) is 11.6 Å². The summed E-state index contributed by atoms with van der Waals surface area (Å²) >= 11 is 5.75. The molecule has 0 aliphatic heterocycles. The molecule has 0 saturated heterocycles. The van der Waals surface area contributed by atoms with Crippen molar-refractivity contribution < 1.29 is 9.53 Å². The Hall–Kier alpha value is -1.02. The fourth-order valence-electron chi connectivity index (χ4n) is 1.19. The van der Waals surface area contributed by atoms with E-state index in [-0.39, 0.29) is 5.78 Å². The largest absolute Gasteiger partial charge is 0.497 e. The van der Waals surface area contributed by atoms with Crippen molar-refractivity contribution in [2.45, 2.75) is 13.8 Å². The molecule has 0 amide bonds. The second kappa shape index (κ2) is 4.67. The summed E-state index contributed by atoms with van der Waals surface area (Å²) in [7, 11) is 1.60. The van der Waals surface area contributed by atoms with E-state index in [1.165, 1.54) is 0 Å². The number of benzene rings is 1. The molecule has 0 heterocycles. The number of halogens is 1. The molecule has 15 heavy (non-hydrogen) atoms. The number of alkyl halides is 1. The maximum Gasteiger partial charge on any atom is 0.169 e. The third-order valence-corrected chi connectivity index (χ3v) is 2.97. The maximum atomic E-state index is 12.0. The van der Waals surface area contributed by atoms with E-state index in [4.69, 9.17) is 16.3 Å². The highest BCUT2D eigenvalue weighted by atomic mass is 35.5. The Morgan fingerprint density at radius 3 is 2.27 bits per heavy atom. The lowest BCUT2D eigenvalue weighted by molar-refractivity contribution is 0.0862. The molecule has 1 aromatic carbocycles. The fourth-order valence-corrected chi connectivity index (χ4v) is 1.32. The van der Waals surface area contributed by atoms with E-state index >= 15 is 0 Å². The maximum absolute atomic E-state index is 12.0. The van der Waals surface area contributed by atoms with Crippen LogP contribution in [0.2, 0.25) is 0 Å². The molecule has 82 valence electrons. The number of ether oxygens (including phenoxy) is 1. The molecule has 2 nitrogen and oxygen atoms in total. The Labute approximate surface area is 95.2 Å². The molecular formula is C12H15ClO2. The molecule has 1 aromatic rings. The molecule has 0 saturated carbocycles. The minimum Gasteiger partial charge on any atom is -0.497 e. The summed E-state index contributed by atoms with van der Waals surface area (Å²) in [4.78, 5) is 12.0. The molecule has 0 atom stereocenters. The number of carbonyl (C=O) groups is 1. The van der Waals surface area contributed by atoms with Gasteiger partial charge in [0, 0.05) is 16.9 Å². The molecule has 0 spiro atoms. The lowest BCUT2D eigenvalue weighted by Crippen LogP contribution is -2.25. The van der Waals surface area contributed by atoms with Gasteiger partial charge in [0.15, 0.2) is 5.78 Å². The van der Waals surface area contributed by atoms with Crippen LogP contribution in [-0.2, 0) is 0 Å². The Kier molecular flexibility index (Phi) is 3.75. The van der Waals surface area contributed by atoms with Crippen LogP contribution in [-0.4, -0.2) is 18.8 Å². The second-order valence-electron chi connectivity index (χ2n) is 4.08. The van der Waals surface area contributed by atoms with Crippen molar-refractivity contribution in [2.24, 2.45) is 5.41 Å². The number of hydrogen-bond donors (Lipinski definition) is 0. The molecule has 0 N–H and O–H groups in total. The standard InChI is InChI=1S/C12H15ClO2/c1-12(2,8-13)11(14)9-4-6-10(15-3)7-5-9/h4-7H,8H2,1-3H3. The van der Waals surface area contributed by atoms with Crippen LogP contribution in [0.15, 0.2) is 24.3 Å². The summed E-state index contributed by atoms with van der Waals surface area (Å²) in [6.45, 7) is 3.68. The van der Waals surface area contributed by atoms with Gasteiger partial charge in [0.1, 0.15) is 5.75 Å². The average molecular weight is 227 g/mol. The molecular weight excluding hydrogens is 212 g/mol. The van der Waals surface area contributed by atoms with Gasteiger partial charge >= 0.3 is 0 Å². The number of Topliss-reactive ketones (excluding diaryl/α,β-unsaturated/α-hetero) is 1. The number of rotatable bonds is 4. The average Bonchev–Trinajstić information content (AvgIpc) is 2.28. The van der Waals surface area contributed by atoms with E-state index in [2.05, 4.69) is 0 Å². The van der Waals surface area contributed by atoms with Gasteiger partial charge in [0.2, 0.25) is 0 Å². The summed E-state index contributed by atoms with van der Waals surface area (Å²) in [5, 5.41) is 0. The highest BCUT2D eigenvalue weighted by Gasteiger charge is 2.27. The first kappa shape index (κ1) is 12.1. The van der Waals surface area contributed by atoms with Crippen LogP contribution in [0.5, 0.6) is 5.75 Å². The quantitative estimate of drug-likeness (QED) is 0.583. The van der Waals surface area contributed by atoms with Gasteiger partial charge in [-0.3, -0.25) is 4.79 Å². The summed E-state index contributed by atoms with van der Waals surface area (Å²) in [6.07, 6.45) is 0. The van der Waals surface area contributed by atoms with Crippen LogP contribution >= 0.6 is 11.6 Å². The first-order valence-electron chi connectivity index (χ1n) is 4.76. The normalized spacial score (nSPS) is 11.2. The lowest BCUT2D eigenvalue weighted by atomic mass is 9.86. The van der Waals surface area contributed by atoms with Gasteiger partial charge in [0.05, 0.1) is 7.11 Å². The van der Waals surface area contributed by atoms with Crippen molar-refractivity contribution in [3.05, 3.63) is 29.8 Å². The fraction of sp³-hybridized carbons (Fsp3) is 0.417. The summed E-state index contributed by atoms with van der Waals surface area (Å²) in [5.74, 6) is 1.12. The van der Waals surface area contributed by atoms with Crippen LogP contribution in [0.4, 0.5) is 0 Å². The Balaban J connectivity index is 2.92. The van der Waals surface area contributed by atoms with Gasteiger partial charge in [-0.25, -0.2) is 0 Å². The Bertz CT molecular complexity index is 341. The molecule has 0 aromatic heterocycles. The van der Waals surface area contributed by atoms with Gasteiger partial charge < -0.3 is 4.74 Å². The Morgan fingerprint density at radius 1 is 1.33 bits per heavy atom. The lowest BCUT2D eigenvalue weighted by Gasteiger charge is -2.19. The van der Waals surface area contributed by atoms with E-state index < -0.39 is 5.41 Å². The number of carbonyl (C=O) groups excluding carboxylic acids is 1. The van der Waals surface area contributed by atoms with Gasteiger partial charge in [-0.2, -0.15) is 0 Å². The summed E-state index contributed by atoms with van der Waals surface area (Å²) in [5.41, 5.74) is 0.150. The van der Waals surface area contributed by atoms with E-state index in [1.54, 1.807) is 31.4 Å². The molecule has 0 aliphatic rings. The topological polar surface area (TPSA) is 26.3 Å². The van der Waals surface area contributed by atoms with E-state index in [0.717, 1.165) is 5.75 Å². The van der Waals surface area contributed by atoms with Crippen LogP contribution in [0, 0.1) is 5.41 Å². The van der Waals surface area contributed by atoms with E-state index in [1.807, 2.05) is 13.8 Å². The highest BCUT2D eigenvalue weighted by Crippen LogP contribution is 2.24. The van der Waals surface area contributed by atoms with Crippen molar-refractivity contribution in [3.63, 3.8) is 0 Å². The minimum atomic E-state index is -0.518. The number of ketones is 1. The molecule has 0 bridgehead atoms. The molecule has 0 unspecified atom stereocenters. The van der Waals surface area contributed by atoms with Crippen molar-refractivity contribution in [1.29, 1.82) is 0 Å². The molecule has 3 heteroatoms. The predicted molar refractivity (Wildman–Crippen MR) is 61.8 cm³/mol. The third kappa shape index (κ3) is 2.72. The van der Waals surface area contributed by atoms with Crippen molar-refractivity contribution in [3.8, 4) is 5.75 Å². The van der Waals surface area contributed by atoms with Crippen LogP contribution in [0.3, 0.4) is 0 Å².